The molecule has 1 unspecified atom stereocenters. The molecule has 0 amide bonds. The Hall–Kier alpha value is -2.96. The van der Waals surface area contributed by atoms with Crippen molar-refractivity contribution < 1.29 is 8.78 Å². The summed E-state index contributed by atoms with van der Waals surface area (Å²) in [5.74, 6) is -0.0722. The zero-order valence-electron chi connectivity index (χ0n) is 17.3. The number of halogens is 2. The second-order valence-corrected chi connectivity index (χ2v) is 8.68. The fourth-order valence-corrected chi connectivity index (χ4v) is 4.46. The highest BCUT2D eigenvalue weighted by molar-refractivity contribution is 5.86. The van der Waals surface area contributed by atoms with Crippen molar-refractivity contribution in [1.29, 1.82) is 0 Å². The number of H-pyrrole nitrogens is 1. The van der Waals surface area contributed by atoms with Crippen LogP contribution < -0.4 is 4.90 Å². The van der Waals surface area contributed by atoms with Crippen LogP contribution in [-0.2, 0) is 6.54 Å². The van der Waals surface area contributed by atoms with Crippen molar-refractivity contribution in [3.8, 4) is 11.3 Å². The van der Waals surface area contributed by atoms with Gasteiger partial charge >= 0.3 is 0 Å². The molecule has 1 saturated carbocycles. The third kappa shape index (κ3) is 2.87. The summed E-state index contributed by atoms with van der Waals surface area (Å²) in [7, 11) is 0. The van der Waals surface area contributed by atoms with E-state index in [4.69, 9.17) is 0 Å². The molecule has 1 aromatic carbocycles. The van der Waals surface area contributed by atoms with Crippen LogP contribution in [0.2, 0.25) is 0 Å². The van der Waals surface area contributed by atoms with Crippen LogP contribution in [0, 0.1) is 17.0 Å². The number of aromatic nitrogens is 4. The van der Waals surface area contributed by atoms with Crippen molar-refractivity contribution in [1.82, 2.24) is 20.0 Å². The third-order valence-electron chi connectivity index (χ3n) is 6.66. The molecule has 0 radical (unpaired) electrons. The first-order valence-corrected chi connectivity index (χ1v) is 10.4. The molecule has 1 N–H and O–H groups in total. The molecule has 1 fully saturated rings. The molecule has 1 aliphatic heterocycles. The number of fused-ring (bicyclic) bond motifs is 1. The van der Waals surface area contributed by atoms with Gasteiger partial charge in [0.2, 0.25) is 0 Å². The lowest BCUT2D eigenvalue weighted by Gasteiger charge is -2.37. The highest BCUT2D eigenvalue weighted by atomic mass is 19.1. The van der Waals surface area contributed by atoms with E-state index in [1.54, 1.807) is 0 Å². The van der Waals surface area contributed by atoms with Gasteiger partial charge in [-0.15, -0.1) is 0 Å². The second-order valence-electron chi connectivity index (χ2n) is 8.68. The Morgan fingerprint density at radius 3 is 2.63 bits per heavy atom. The van der Waals surface area contributed by atoms with Gasteiger partial charge in [0, 0.05) is 23.2 Å². The Morgan fingerprint density at radius 1 is 1.23 bits per heavy atom. The third-order valence-corrected chi connectivity index (χ3v) is 6.66. The van der Waals surface area contributed by atoms with Gasteiger partial charge in [-0.3, -0.25) is 5.10 Å². The molecule has 156 valence electrons. The molecule has 3 heterocycles. The smallest absolute Gasteiger partial charge is 0.140 e. The normalized spacial score (nSPS) is 17.8. The van der Waals surface area contributed by atoms with E-state index in [1.165, 1.54) is 18.2 Å². The number of hydrogen-bond donors (Lipinski definition) is 1. The quantitative estimate of drug-likeness (QED) is 0.619. The number of nitrogens with zero attached hydrogens (tertiary/aromatic N) is 4. The topological polar surface area (TPSA) is 49.7 Å². The van der Waals surface area contributed by atoms with E-state index in [2.05, 4.69) is 35.7 Å². The Kier molecular flexibility index (Phi) is 4.31. The van der Waals surface area contributed by atoms with E-state index in [1.807, 2.05) is 22.0 Å². The molecule has 5 nitrogen and oxygen atoms in total. The monoisotopic (exact) mass is 409 g/mol. The molecular weight excluding hydrogens is 384 g/mol. The molecule has 2 aromatic heterocycles. The van der Waals surface area contributed by atoms with Gasteiger partial charge in [0.1, 0.15) is 17.5 Å². The van der Waals surface area contributed by atoms with E-state index in [-0.39, 0.29) is 11.0 Å². The summed E-state index contributed by atoms with van der Waals surface area (Å²) in [5, 5.41) is 12.0. The van der Waals surface area contributed by atoms with Crippen LogP contribution in [0.4, 0.5) is 14.6 Å². The fourth-order valence-electron chi connectivity index (χ4n) is 4.46. The fraction of sp³-hybridized carbons (Fsp3) is 0.391. The number of nitrogens with one attached hydrogen (secondary N) is 1. The van der Waals surface area contributed by atoms with Crippen LogP contribution in [0.5, 0.6) is 0 Å². The first-order chi connectivity index (χ1) is 14.4. The van der Waals surface area contributed by atoms with E-state index < -0.39 is 11.6 Å². The maximum atomic E-state index is 14.6. The second kappa shape index (κ2) is 6.79. The number of hydrogen-bond acceptors (Lipinski definition) is 3. The first-order valence-electron chi connectivity index (χ1n) is 10.4. The SMILES string of the molecule is C=C(c1c(F)cccc1F)N1CC2(CC2)Cn2ncc(-c3[nH]ncc3C(C)CC)c21. The summed E-state index contributed by atoms with van der Waals surface area (Å²) in [6, 6.07) is 3.92. The largest absolute Gasteiger partial charge is 0.325 e. The number of benzene rings is 1. The Morgan fingerprint density at radius 2 is 1.97 bits per heavy atom. The van der Waals surface area contributed by atoms with Gasteiger partial charge in [-0.2, -0.15) is 10.2 Å². The van der Waals surface area contributed by atoms with Gasteiger partial charge in [-0.25, -0.2) is 13.5 Å². The summed E-state index contributed by atoms with van der Waals surface area (Å²) in [5.41, 5.74) is 3.24. The van der Waals surface area contributed by atoms with Crippen molar-refractivity contribution in [3.05, 3.63) is 59.9 Å². The maximum absolute atomic E-state index is 14.6. The van der Waals surface area contributed by atoms with Gasteiger partial charge in [0.05, 0.1) is 35.8 Å². The molecule has 0 bridgehead atoms. The molecule has 1 aliphatic carbocycles. The lowest BCUT2D eigenvalue weighted by atomic mass is 9.95. The maximum Gasteiger partial charge on any atom is 0.140 e. The average molecular weight is 409 g/mol. The van der Waals surface area contributed by atoms with Crippen LogP contribution in [0.15, 0.2) is 37.2 Å². The summed E-state index contributed by atoms with van der Waals surface area (Å²) in [4.78, 5) is 1.95. The Balaban J connectivity index is 1.65. The van der Waals surface area contributed by atoms with Crippen molar-refractivity contribution in [2.75, 3.05) is 11.4 Å². The zero-order chi connectivity index (χ0) is 21.0. The molecule has 2 aliphatic rings. The standard InChI is InChI=1S/C23H25F2N5/c1-4-14(2)16-10-26-28-21(16)17-11-27-30-13-23(8-9-23)12-29(22(17)30)15(3)20-18(24)6-5-7-19(20)25/h5-7,10-11,14H,3-4,8-9,12-13H2,1-2H3,(H,26,28). The van der Waals surface area contributed by atoms with Crippen LogP contribution in [-0.4, -0.2) is 26.5 Å². The molecule has 3 aromatic rings. The average Bonchev–Trinajstić information content (AvgIpc) is 3.13. The summed E-state index contributed by atoms with van der Waals surface area (Å²) in [6.07, 6.45) is 6.82. The van der Waals surface area contributed by atoms with Crippen molar-refractivity contribution in [3.63, 3.8) is 0 Å². The zero-order valence-corrected chi connectivity index (χ0v) is 17.3. The van der Waals surface area contributed by atoms with E-state index >= 15 is 0 Å². The minimum absolute atomic E-state index is 0.0827. The molecule has 7 heteroatoms. The summed E-state index contributed by atoms with van der Waals surface area (Å²) in [6.45, 7) is 9.89. The minimum Gasteiger partial charge on any atom is -0.325 e. The van der Waals surface area contributed by atoms with Gasteiger partial charge in [-0.1, -0.05) is 26.5 Å². The highest BCUT2D eigenvalue weighted by Gasteiger charge is 2.49. The van der Waals surface area contributed by atoms with E-state index in [9.17, 15) is 8.78 Å². The molecule has 30 heavy (non-hydrogen) atoms. The first kappa shape index (κ1) is 19.0. The number of anilines is 1. The van der Waals surface area contributed by atoms with Crippen LogP contribution in [0.3, 0.4) is 0 Å². The van der Waals surface area contributed by atoms with Crippen molar-refractivity contribution in [2.45, 2.75) is 45.6 Å². The van der Waals surface area contributed by atoms with Crippen LogP contribution >= 0.6 is 0 Å². The summed E-state index contributed by atoms with van der Waals surface area (Å²) < 4.78 is 31.1. The number of rotatable bonds is 5. The van der Waals surface area contributed by atoms with Gasteiger partial charge in [-0.05, 0) is 37.3 Å². The predicted molar refractivity (Wildman–Crippen MR) is 113 cm³/mol. The molecule has 0 saturated heterocycles. The Labute approximate surface area is 174 Å². The van der Waals surface area contributed by atoms with Crippen LogP contribution in [0.1, 0.15) is 50.2 Å². The van der Waals surface area contributed by atoms with E-state index in [0.29, 0.717) is 18.2 Å². The lowest BCUT2D eigenvalue weighted by molar-refractivity contribution is 0.375. The molecule has 1 spiro atoms. The predicted octanol–water partition coefficient (Wildman–Crippen LogP) is 5.34. The van der Waals surface area contributed by atoms with Gasteiger partial charge < -0.3 is 4.90 Å². The van der Waals surface area contributed by atoms with Crippen molar-refractivity contribution in [2.24, 2.45) is 5.41 Å². The Bertz CT molecular complexity index is 1100. The minimum atomic E-state index is -0.607. The van der Waals surface area contributed by atoms with Gasteiger partial charge in [0.25, 0.3) is 0 Å². The molecule has 5 rings (SSSR count). The summed E-state index contributed by atoms with van der Waals surface area (Å²) >= 11 is 0. The molecular formula is C23H25F2N5. The lowest BCUT2D eigenvalue weighted by Crippen LogP contribution is -2.39. The number of aromatic amines is 1. The van der Waals surface area contributed by atoms with Crippen LogP contribution in [0.25, 0.3) is 17.0 Å². The highest BCUT2D eigenvalue weighted by Crippen LogP contribution is 2.54. The van der Waals surface area contributed by atoms with Crippen molar-refractivity contribution >= 4 is 11.5 Å². The van der Waals surface area contributed by atoms with Gasteiger partial charge in [0.15, 0.2) is 0 Å². The van der Waals surface area contributed by atoms with E-state index in [0.717, 1.165) is 48.4 Å². The molecule has 1 atom stereocenters.